The van der Waals surface area contributed by atoms with Crippen LogP contribution in [0.15, 0.2) is 60.7 Å². The Balaban J connectivity index is 2.17. The van der Waals surface area contributed by atoms with Gasteiger partial charge >= 0.3 is 0 Å². The number of rotatable bonds is 4. The summed E-state index contributed by atoms with van der Waals surface area (Å²) >= 11 is 1.39. The molecule has 0 spiro atoms. The average Bonchev–Trinajstić information content (AvgIpc) is 2.40. The number of benzene rings is 2. The van der Waals surface area contributed by atoms with Crippen molar-refractivity contribution in [1.82, 2.24) is 0 Å². The van der Waals surface area contributed by atoms with Crippen LogP contribution in [-0.2, 0) is 6.54 Å². The SMILES string of the molecule is C#CSN(Cc1ccccc1)c1ccccc1. The zero-order valence-electron chi connectivity index (χ0n) is 9.41. The van der Waals surface area contributed by atoms with Gasteiger partial charge in [-0.15, -0.1) is 6.42 Å². The highest BCUT2D eigenvalue weighted by Gasteiger charge is 2.06. The van der Waals surface area contributed by atoms with E-state index in [1.165, 1.54) is 17.5 Å². The minimum atomic E-state index is 0.805. The van der Waals surface area contributed by atoms with E-state index in [-0.39, 0.29) is 0 Å². The third-order valence-electron chi connectivity index (χ3n) is 2.38. The van der Waals surface area contributed by atoms with Crippen LogP contribution in [0.25, 0.3) is 0 Å². The molecular formula is C15H13NS. The Kier molecular flexibility index (Phi) is 4.12. The van der Waals surface area contributed by atoms with Gasteiger partial charge in [0.25, 0.3) is 0 Å². The first kappa shape index (κ1) is 11.6. The van der Waals surface area contributed by atoms with Crippen molar-refractivity contribution in [3.63, 3.8) is 0 Å². The third-order valence-corrected chi connectivity index (χ3v) is 3.04. The number of terminal acetylenes is 1. The van der Waals surface area contributed by atoms with Crippen molar-refractivity contribution < 1.29 is 0 Å². The van der Waals surface area contributed by atoms with Crippen LogP contribution in [0.3, 0.4) is 0 Å². The van der Waals surface area contributed by atoms with E-state index in [0.29, 0.717) is 0 Å². The minimum absolute atomic E-state index is 0.805. The van der Waals surface area contributed by atoms with Gasteiger partial charge in [-0.2, -0.15) is 0 Å². The molecule has 0 bridgehead atoms. The molecular weight excluding hydrogens is 226 g/mol. The molecule has 0 N–H and O–H groups in total. The summed E-state index contributed by atoms with van der Waals surface area (Å²) in [5, 5.41) is 2.63. The second kappa shape index (κ2) is 6.03. The van der Waals surface area contributed by atoms with Gasteiger partial charge in [0, 0.05) is 17.6 Å². The summed E-state index contributed by atoms with van der Waals surface area (Å²) in [4.78, 5) is 0. The molecule has 0 radical (unpaired) electrons. The van der Waals surface area contributed by atoms with Gasteiger partial charge in [-0.25, -0.2) is 0 Å². The molecule has 2 rings (SSSR count). The maximum Gasteiger partial charge on any atom is 0.0555 e. The Labute approximate surface area is 107 Å². The molecule has 0 saturated carbocycles. The molecule has 84 valence electrons. The van der Waals surface area contributed by atoms with Gasteiger partial charge in [0.1, 0.15) is 0 Å². The Morgan fingerprint density at radius 3 is 2.12 bits per heavy atom. The van der Waals surface area contributed by atoms with Gasteiger partial charge in [-0.3, -0.25) is 0 Å². The fourth-order valence-corrected chi connectivity index (χ4v) is 2.15. The molecule has 2 aromatic carbocycles. The molecule has 0 aromatic heterocycles. The standard InChI is InChI=1S/C15H13NS/c1-2-17-16(15-11-7-4-8-12-15)13-14-9-5-3-6-10-14/h1,3-12H,13H2. The molecule has 0 aliphatic rings. The number of hydrogen-bond acceptors (Lipinski definition) is 2. The van der Waals surface area contributed by atoms with E-state index in [4.69, 9.17) is 6.42 Å². The number of hydrogen-bond donors (Lipinski definition) is 0. The van der Waals surface area contributed by atoms with Crippen LogP contribution < -0.4 is 4.31 Å². The number of para-hydroxylation sites is 1. The lowest BCUT2D eigenvalue weighted by Crippen LogP contribution is -2.12. The zero-order valence-corrected chi connectivity index (χ0v) is 10.2. The van der Waals surface area contributed by atoms with Crippen molar-refractivity contribution in [3.8, 4) is 11.7 Å². The fourth-order valence-electron chi connectivity index (χ4n) is 1.58. The molecule has 0 heterocycles. The molecule has 1 nitrogen and oxygen atoms in total. The van der Waals surface area contributed by atoms with Crippen LogP contribution in [0.1, 0.15) is 5.56 Å². The van der Waals surface area contributed by atoms with Crippen LogP contribution in [0.2, 0.25) is 0 Å². The highest BCUT2D eigenvalue weighted by atomic mass is 32.2. The van der Waals surface area contributed by atoms with E-state index in [0.717, 1.165) is 12.2 Å². The average molecular weight is 239 g/mol. The minimum Gasteiger partial charge on any atom is -0.301 e. The molecule has 2 heteroatoms. The molecule has 0 unspecified atom stereocenters. The number of nitrogens with zero attached hydrogens (tertiary/aromatic N) is 1. The maximum absolute atomic E-state index is 5.39. The summed E-state index contributed by atoms with van der Waals surface area (Å²) in [5.74, 6) is 0. The predicted molar refractivity (Wildman–Crippen MR) is 75.5 cm³/mol. The zero-order chi connectivity index (χ0) is 11.9. The summed E-state index contributed by atoms with van der Waals surface area (Å²) in [7, 11) is 0. The van der Waals surface area contributed by atoms with Crippen LogP contribution in [0, 0.1) is 11.7 Å². The van der Waals surface area contributed by atoms with Crippen LogP contribution in [0.5, 0.6) is 0 Å². The third kappa shape index (κ3) is 3.30. The Bertz CT molecular complexity index is 487. The van der Waals surface area contributed by atoms with Crippen molar-refractivity contribution in [2.24, 2.45) is 0 Å². The quantitative estimate of drug-likeness (QED) is 0.587. The highest BCUT2D eigenvalue weighted by molar-refractivity contribution is 8.05. The second-order valence-electron chi connectivity index (χ2n) is 3.57. The lowest BCUT2D eigenvalue weighted by Gasteiger charge is -2.20. The van der Waals surface area contributed by atoms with Gasteiger partial charge in [0.2, 0.25) is 0 Å². The molecule has 0 saturated heterocycles. The van der Waals surface area contributed by atoms with Gasteiger partial charge in [-0.05, 0) is 22.9 Å². The van der Waals surface area contributed by atoms with Gasteiger partial charge < -0.3 is 4.31 Å². The highest BCUT2D eigenvalue weighted by Crippen LogP contribution is 2.23. The van der Waals surface area contributed by atoms with Gasteiger partial charge in [0.15, 0.2) is 0 Å². The monoisotopic (exact) mass is 239 g/mol. The first-order valence-electron chi connectivity index (χ1n) is 5.39. The summed E-state index contributed by atoms with van der Waals surface area (Å²) in [6, 6.07) is 20.5. The van der Waals surface area contributed by atoms with Crippen molar-refractivity contribution in [2.75, 3.05) is 4.31 Å². The van der Waals surface area contributed by atoms with Crippen molar-refractivity contribution in [3.05, 3.63) is 66.2 Å². The molecule has 0 aliphatic heterocycles. The Hall–Kier alpha value is -1.85. The normalized spacial score (nSPS) is 9.59. The largest absolute Gasteiger partial charge is 0.301 e. The number of anilines is 1. The first-order chi connectivity index (χ1) is 8.40. The molecule has 0 atom stereocenters. The predicted octanol–water partition coefficient (Wildman–Crippen LogP) is 3.93. The van der Waals surface area contributed by atoms with E-state index < -0.39 is 0 Å². The van der Waals surface area contributed by atoms with Crippen molar-refractivity contribution in [2.45, 2.75) is 6.54 Å². The van der Waals surface area contributed by atoms with Crippen molar-refractivity contribution >= 4 is 17.6 Å². The molecule has 0 fully saturated rings. The first-order valence-corrected chi connectivity index (χ1v) is 6.16. The second-order valence-corrected chi connectivity index (χ2v) is 4.43. The fraction of sp³-hybridized carbons (Fsp3) is 0.0667. The molecule has 0 amide bonds. The van der Waals surface area contributed by atoms with Gasteiger partial charge in [0.05, 0.1) is 6.54 Å². The van der Waals surface area contributed by atoms with E-state index in [2.05, 4.69) is 33.8 Å². The van der Waals surface area contributed by atoms with E-state index in [1.807, 2.05) is 36.4 Å². The van der Waals surface area contributed by atoms with E-state index in [9.17, 15) is 0 Å². The Morgan fingerprint density at radius 1 is 0.941 bits per heavy atom. The molecule has 0 aliphatic carbocycles. The smallest absolute Gasteiger partial charge is 0.0555 e. The summed E-state index contributed by atoms with van der Waals surface area (Å²) in [5.41, 5.74) is 2.37. The van der Waals surface area contributed by atoms with Crippen LogP contribution in [-0.4, -0.2) is 0 Å². The van der Waals surface area contributed by atoms with Crippen LogP contribution in [0.4, 0.5) is 5.69 Å². The van der Waals surface area contributed by atoms with Gasteiger partial charge in [-0.1, -0.05) is 48.5 Å². The molecule has 2 aromatic rings. The van der Waals surface area contributed by atoms with E-state index in [1.54, 1.807) is 0 Å². The molecule has 17 heavy (non-hydrogen) atoms. The van der Waals surface area contributed by atoms with E-state index >= 15 is 0 Å². The lowest BCUT2D eigenvalue weighted by atomic mass is 10.2. The topological polar surface area (TPSA) is 3.24 Å². The van der Waals surface area contributed by atoms with Crippen molar-refractivity contribution in [1.29, 1.82) is 0 Å². The summed E-state index contributed by atoms with van der Waals surface area (Å²) in [6.45, 7) is 0.805. The maximum atomic E-state index is 5.39. The van der Waals surface area contributed by atoms with Crippen LogP contribution >= 0.6 is 11.9 Å². The summed E-state index contributed by atoms with van der Waals surface area (Å²) in [6.07, 6.45) is 5.39. The lowest BCUT2D eigenvalue weighted by molar-refractivity contribution is 1.06. The Morgan fingerprint density at radius 2 is 1.53 bits per heavy atom. The summed E-state index contributed by atoms with van der Waals surface area (Å²) < 4.78 is 2.11.